The van der Waals surface area contributed by atoms with Crippen LogP contribution in [0.15, 0.2) is 18.5 Å². The lowest BCUT2D eigenvalue weighted by atomic mass is 9.96. The first-order valence-electron chi connectivity index (χ1n) is 5.50. The Labute approximate surface area is 95.3 Å². The van der Waals surface area contributed by atoms with Gasteiger partial charge in [0.25, 0.3) is 0 Å². The smallest absolute Gasteiger partial charge is 0.151 e. The van der Waals surface area contributed by atoms with Gasteiger partial charge in [-0.05, 0) is 19.0 Å². The highest BCUT2D eigenvalue weighted by molar-refractivity contribution is 5.32. The minimum atomic E-state index is -1.35. The van der Waals surface area contributed by atoms with E-state index in [0.29, 0.717) is 30.6 Å². The van der Waals surface area contributed by atoms with Crippen LogP contribution in [-0.4, -0.2) is 18.1 Å². The molecule has 0 bridgehead atoms. The molecule has 2 rings (SSSR count). The van der Waals surface area contributed by atoms with Gasteiger partial charge in [0.05, 0.1) is 5.56 Å². The van der Waals surface area contributed by atoms with Gasteiger partial charge in [0.1, 0.15) is 6.07 Å². The molecule has 0 saturated carbocycles. The summed E-state index contributed by atoms with van der Waals surface area (Å²) >= 11 is 0. The van der Waals surface area contributed by atoms with E-state index < -0.39 is 5.67 Å². The van der Waals surface area contributed by atoms with Crippen molar-refractivity contribution in [3.63, 3.8) is 0 Å². The number of nitriles is 1. The summed E-state index contributed by atoms with van der Waals surface area (Å²) in [4.78, 5) is 3.85. The number of rotatable bonds is 1. The lowest BCUT2D eigenvalue weighted by Crippen LogP contribution is -2.23. The third-order valence-corrected chi connectivity index (χ3v) is 2.49. The Morgan fingerprint density at radius 1 is 1.50 bits per heavy atom. The molecule has 1 aliphatic rings. The fourth-order valence-corrected chi connectivity index (χ4v) is 1.65. The van der Waals surface area contributed by atoms with Gasteiger partial charge in [0.15, 0.2) is 5.67 Å². The summed E-state index contributed by atoms with van der Waals surface area (Å²) in [5.41, 5.74) is -0.437. The van der Waals surface area contributed by atoms with E-state index in [0.717, 1.165) is 0 Å². The fourth-order valence-electron chi connectivity index (χ4n) is 1.65. The molecule has 0 amide bonds. The second-order valence-corrected chi connectivity index (χ2v) is 3.47. The van der Waals surface area contributed by atoms with Crippen LogP contribution in [0.2, 0.25) is 0 Å². The van der Waals surface area contributed by atoms with Crippen LogP contribution in [-0.2, 0) is 5.67 Å². The number of hydrogen-bond acceptors (Lipinski definition) is 3. The Morgan fingerprint density at radius 2 is 2.25 bits per heavy atom. The Kier molecular flexibility index (Phi) is 4.39. The molecule has 0 radical (unpaired) electrons. The summed E-state index contributed by atoms with van der Waals surface area (Å²) < 4.78 is 14.1. The van der Waals surface area contributed by atoms with Crippen molar-refractivity contribution in [2.45, 2.75) is 25.9 Å². The zero-order chi connectivity index (χ0) is 12.0. The Morgan fingerprint density at radius 3 is 2.81 bits per heavy atom. The zero-order valence-corrected chi connectivity index (χ0v) is 9.63. The molecule has 1 aromatic rings. The van der Waals surface area contributed by atoms with Gasteiger partial charge in [0, 0.05) is 24.5 Å². The van der Waals surface area contributed by atoms with Crippen LogP contribution in [0, 0.1) is 11.3 Å². The first kappa shape index (κ1) is 12.6. The minimum absolute atomic E-state index is 0.309. The fraction of sp³-hybridized carbons (Fsp3) is 0.500. The van der Waals surface area contributed by atoms with Crippen LogP contribution in [0.25, 0.3) is 0 Å². The van der Waals surface area contributed by atoms with Crippen molar-refractivity contribution in [1.29, 1.82) is 5.26 Å². The average Bonchev–Trinajstić information content (AvgIpc) is 2.80. The summed E-state index contributed by atoms with van der Waals surface area (Å²) in [5, 5.41) is 11.6. The van der Waals surface area contributed by atoms with E-state index >= 15 is 0 Å². The average molecular weight is 221 g/mol. The molecular weight excluding hydrogens is 205 g/mol. The second-order valence-electron chi connectivity index (χ2n) is 3.47. The first-order chi connectivity index (χ1) is 7.74. The molecule has 16 heavy (non-hydrogen) atoms. The molecule has 86 valence electrons. The third-order valence-electron chi connectivity index (χ3n) is 2.49. The minimum Gasteiger partial charge on any atom is -0.313 e. The molecular formula is C12H16FN3. The highest BCUT2D eigenvalue weighted by atomic mass is 19.1. The lowest BCUT2D eigenvalue weighted by molar-refractivity contribution is 0.193. The van der Waals surface area contributed by atoms with Crippen molar-refractivity contribution in [1.82, 2.24) is 10.3 Å². The highest BCUT2D eigenvalue weighted by Crippen LogP contribution is 2.31. The quantitative estimate of drug-likeness (QED) is 0.790. The van der Waals surface area contributed by atoms with Crippen molar-refractivity contribution in [3.05, 3.63) is 29.6 Å². The van der Waals surface area contributed by atoms with E-state index in [9.17, 15) is 4.39 Å². The predicted molar refractivity (Wildman–Crippen MR) is 60.6 cm³/mol. The molecule has 3 nitrogen and oxygen atoms in total. The molecule has 4 heteroatoms. The van der Waals surface area contributed by atoms with Crippen LogP contribution >= 0.6 is 0 Å². The van der Waals surface area contributed by atoms with Gasteiger partial charge in [-0.2, -0.15) is 5.26 Å². The van der Waals surface area contributed by atoms with E-state index in [2.05, 4.69) is 10.3 Å². The highest BCUT2D eigenvalue weighted by Gasteiger charge is 2.35. The van der Waals surface area contributed by atoms with E-state index in [1.54, 1.807) is 6.07 Å². The van der Waals surface area contributed by atoms with Crippen molar-refractivity contribution >= 4 is 0 Å². The maximum Gasteiger partial charge on any atom is 0.151 e. The molecule has 1 saturated heterocycles. The summed E-state index contributed by atoms with van der Waals surface area (Å²) in [6, 6.07) is 3.53. The van der Waals surface area contributed by atoms with Gasteiger partial charge >= 0.3 is 0 Å². The van der Waals surface area contributed by atoms with Crippen LogP contribution in [0.1, 0.15) is 31.4 Å². The monoisotopic (exact) mass is 221 g/mol. The van der Waals surface area contributed by atoms with E-state index in [-0.39, 0.29) is 0 Å². The van der Waals surface area contributed by atoms with Crippen LogP contribution in [0.5, 0.6) is 0 Å². The van der Waals surface area contributed by atoms with E-state index in [4.69, 9.17) is 5.26 Å². The zero-order valence-electron chi connectivity index (χ0n) is 9.63. The number of nitrogens with zero attached hydrogens (tertiary/aromatic N) is 2. The Balaban J connectivity index is 0.000000606. The van der Waals surface area contributed by atoms with Crippen molar-refractivity contribution in [2.75, 3.05) is 13.1 Å². The molecule has 1 aliphatic heterocycles. The van der Waals surface area contributed by atoms with Crippen LogP contribution < -0.4 is 5.32 Å². The number of hydrogen-bond donors (Lipinski definition) is 1. The SMILES string of the molecule is CC.N#Cc1cncc(C2(F)CCNC2)c1. The van der Waals surface area contributed by atoms with Crippen LogP contribution in [0.4, 0.5) is 4.39 Å². The maximum atomic E-state index is 14.1. The van der Waals surface area contributed by atoms with Gasteiger partial charge in [-0.1, -0.05) is 13.8 Å². The molecule has 1 unspecified atom stereocenters. The largest absolute Gasteiger partial charge is 0.313 e. The number of halogens is 1. The summed E-state index contributed by atoms with van der Waals surface area (Å²) in [5.74, 6) is 0. The van der Waals surface area contributed by atoms with Gasteiger partial charge in [-0.25, -0.2) is 4.39 Å². The molecule has 0 aromatic carbocycles. The normalized spacial score (nSPS) is 23.1. The molecule has 1 fully saturated rings. The van der Waals surface area contributed by atoms with Gasteiger partial charge < -0.3 is 5.32 Å². The predicted octanol–water partition coefficient (Wildman–Crippen LogP) is 2.14. The molecule has 1 atom stereocenters. The third kappa shape index (κ3) is 2.56. The Bertz CT molecular complexity index is 378. The molecule has 1 aromatic heterocycles. The second kappa shape index (κ2) is 5.57. The summed E-state index contributed by atoms with van der Waals surface area (Å²) in [7, 11) is 0. The van der Waals surface area contributed by atoms with Gasteiger partial charge in [-0.15, -0.1) is 0 Å². The number of pyridine rings is 1. The molecule has 1 N–H and O–H groups in total. The standard InChI is InChI=1S/C10H10FN3.C2H6/c11-10(1-2-13-7-10)9-3-8(4-12)5-14-6-9;1-2/h3,5-6,13H,1-2,7H2;1-2H3. The maximum absolute atomic E-state index is 14.1. The lowest BCUT2D eigenvalue weighted by Gasteiger charge is -2.17. The van der Waals surface area contributed by atoms with Crippen molar-refractivity contribution in [3.8, 4) is 6.07 Å². The number of nitrogens with one attached hydrogen (secondary N) is 1. The molecule has 2 heterocycles. The molecule has 0 spiro atoms. The Hall–Kier alpha value is -1.47. The number of aromatic nitrogens is 1. The van der Waals surface area contributed by atoms with Crippen molar-refractivity contribution < 1.29 is 4.39 Å². The van der Waals surface area contributed by atoms with Gasteiger partial charge in [-0.3, -0.25) is 4.98 Å². The topological polar surface area (TPSA) is 48.7 Å². The van der Waals surface area contributed by atoms with Crippen LogP contribution in [0.3, 0.4) is 0 Å². The summed E-state index contributed by atoms with van der Waals surface area (Å²) in [6.07, 6.45) is 3.38. The van der Waals surface area contributed by atoms with Gasteiger partial charge in [0.2, 0.25) is 0 Å². The first-order valence-corrected chi connectivity index (χ1v) is 5.50. The van der Waals surface area contributed by atoms with E-state index in [1.807, 2.05) is 19.9 Å². The van der Waals surface area contributed by atoms with Crippen molar-refractivity contribution in [2.24, 2.45) is 0 Å². The molecule has 0 aliphatic carbocycles. The summed E-state index contributed by atoms with van der Waals surface area (Å²) in [6.45, 7) is 4.98. The number of alkyl halides is 1. The van der Waals surface area contributed by atoms with E-state index in [1.165, 1.54) is 12.4 Å².